The van der Waals surface area contributed by atoms with E-state index >= 15 is 0 Å². The van der Waals surface area contributed by atoms with Gasteiger partial charge in [-0.2, -0.15) is 0 Å². The first-order chi connectivity index (χ1) is 14.0. The SMILES string of the molecule is CCOC(=O)c1cc2cc3c(cc2nc1-c1cc(C)ccc1NC(N)=O)OCO3. The highest BCUT2D eigenvalue weighted by atomic mass is 16.7. The van der Waals surface area contributed by atoms with Crippen molar-refractivity contribution in [2.45, 2.75) is 13.8 Å². The predicted molar refractivity (Wildman–Crippen MR) is 107 cm³/mol. The van der Waals surface area contributed by atoms with Crippen LogP contribution in [0.25, 0.3) is 22.2 Å². The van der Waals surface area contributed by atoms with Crippen LogP contribution in [0.4, 0.5) is 10.5 Å². The molecule has 0 radical (unpaired) electrons. The fraction of sp³-hybridized carbons (Fsp3) is 0.190. The van der Waals surface area contributed by atoms with Crippen molar-refractivity contribution in [3.8, 4) is 22.8 Å². The van der Waals surface area contributed by atoms with Gasteiger partial charge in [0.1, 0.15) is 0 Å². The van der Waals surface area contributed by atoms with E-state index in [0.29, 0.717) is 39.3 Å². The van der Waals surface area contributed by atoms with Gasteiger partial charge in [0, 0.05) is 17.0 Å². The Hall–Kier alpha value is -3.81. The number of ether oxygens (including phenoxy) is 3. The third-order valence-corrected chi connectivity index (χ3v) is 4.49. The number of aromatic nitrogens is 1. The topological polar surface area (TPSA) is 113 Å². The number of rotatable bonds is 4. The zero-order chi connectivity index (χ0) is 20.5. The third kappa shape index (κ3) is 3.52. The highest BCUT2D eigenvalue weighted by Gasteiger charge is 2.22. The van der Waals surface area contributed by atoms with Crippen molar-refractivity contribution in [1.29, 1.82) is 0 Å². The Balaban J connectivity index is 1.98. The molecule has 8 heteroatoms. The van der Waals surface area contributed by atoms with Gasteiger partial charge in [-0.1, -0.05) is 11.6 Å². The summed E-state index contributed by atoms with van der Waals surface area (Å²) < 4.78 is 16.1. The number of fused-ring (bicyclic) bond motifs is 2. The number of pyridine rings is 1. The van der Waals surface area contributed by atoms with Gasteiger partial charge < -0.3 is 25.3 Å². The molecule has 1 aliphatic rings. The summed E-state index contributed by atoms with van der Waals surface area (Å²) in [7, 11) is 0. The molecule has 0 atom stereocenters. The Morgan fingerprint density at radius 1 is 1.17 bits per heavy atom. The molecule has 8 nitrogen and oxygen atoms in total. The predicted octanol–water partition coefficient (Wildman–Crippen LogP) is 3.61. The Bertz CT molecular complexity index is 1140. The molecule has 3 N–H and O–H groups in total. The number of nitrogens with two attached hydrogens (primary N) is 1. The number of carbonyl (C=O) groups excluding carboxylic acids is 2. The first-order valence-corrected chi connectivity index (χ1v) is 9.05. The van der Waals surface area contributed by atoms with E-state index in [1.54, 1.807) is 31.2 Å². The number of nitrogens with zero attached hydrogens (tertiary/aromatic N) is 1. The number of urea groups is 1. The van der Waals surface area contributed by atoms with E-state index in [-0.39, 0.29) is 19.0 Å². The molecule has 1 aromatic heterocycles. The van der Waals surface area contributed by atoms with Crippen LogP contribution in [0.15, 0.2) is 36.4 Å². The molecule has 1 aliphatic heterocycles. The lowest BCUT2D eigenvalue weighted by Gasteiger charge is -2.15. The number of carbonyl (C=O) groups is 2. The summed E-state index contributed by atoms with van der Waals surface area (Å²) in [6.45, 7) is 3.99. The van der Waals surface area contributed by atoms with E-state index in [2.05, 4.69) is 5.32 Å². The minimum absolute atomic E-state index is 0.133. The molecule has 29 heavy (non-hydrogen) atoms. The van der Waals surface area contributed by atoms with Crippen molar-refractivity contribution in [2.24, 2.45) is 5.73 Å². The van der Waals surface area contributed by atoms with Gasteiger partial charge in [-0.3, -0.25) is 0 Å². The molecule has 2 aromatic carbocycles. The van der Waals surface area contributed by atoms with E-state index in [9.17, 15) is 9.59 Å². The molecule has 148 valence electrons. The summed E-state index contributed by atoms with van der Waals surface area (Å²) >= 11 is 0. The molecule has 3 aromatic rings. The summed E-state index contributed by atoms with van der Waals surface area (Å²) in [5.74, 6) is 0.661. The van der Waals surface area contributed by atoms with Crippen molar-refractivity contribution < 1.29 is 23.8 Å². The zero-order valence-corrected chi connectivity index (χ0v) is 15.9. The number of primary amides is 1. The van der Waals surface area contributed by atoms with Gasteiger partial charge in [-0.15, -0.1) is 0 Å². The smallest absolute Gasteiger partial charge is 0.340 e. The fourth-order valence-corrected chi connectivity index (χ4v) is 3.23. The van der Waals surface area contributed by atoms with Gasteiger partial charge in [0.15, 0.2) is 11.5 Å². The molecule has 0 unspecified atom stereocenters. The maximum absolute atomic E-state index is 12.7. The molecule has 4 rings (SSSR count). The molecule has 2 amide bonds. The van der Waals surface area contributed by atoms with Crippen LogP contribution in [0, 0.1) is 6.92 Å². The van der Waals surface area contributed by atoms with Gasteiger partial charge >= 0.3 is 12.0 Å². The van der Waals surface area contributed by atoms with Gasteiger partial charge in [0.25, 0.3) is 0 Å². The minimum Gasteiger partial charge on any atom is -0.462 e. The lowest BCUT2D eigenvalue weighted by molar-refractivity contribution is 0.0527. The first kappa shape index (κ1) is 18.5. The normalized spacial score (nSPS) is 12.1. The molecule has 2 heterocycles. The largest absolute Gasteiger partial charge is 0.462 e. The lowest BCUT2D eigenvalue weighted by Crippen LogP contribution is -2.20. The van der Waals surface area contributed by atoms with E-state index in [1.165, 1.54) is 0 Å². The number of hydrogen-bond donors (Lipinski definition) is 2. The first-order valence-electron chi connectivity index (χ1n) is 9.05. The van der Waals surface area contributed by atoms with Crippen LogP contribution in [0.2, 0.25) is 0 Å². The molecule has 0 spiro atoms. The average molecular weight is 393 g/mol. The number of hydrogen-bond acceptors (Lipinski definition) is 6. The minimum atomic E-state index is -0.711. The lowest BCUT2D eigenvalue weighted by atomic mass is 9.99. The van der Waals surface area contributed by atoms with Crippen molar-refractivity contribution in [1.82, 2.24) is 4.98 Å². The molecule has 0 saturated carbocycles. The van der Waals surface area contributed by atoms with Crippen LogP contribution in [-0.4, -0.2) is 30.4 Å². The van der Waals surface area contributed by atoms with Gasteiger partial charge in [0.2, 0.25) is 6.79 Å². The van der Waals surface area contributed by atoms with Crippen molar-refractivity contribution >= 4 is 28.6 Å². The average Bonchev–Trinajstić information content (AvgIpc) is 3.13. The van der Waals surface area contributed by atoms with E-state index in [4.69, 9.17) is 24.9 Å². The van der Waals surface area contributed by atoms with Crippen molar-refractivity contribution in [3.05, 3.63) is 47.5 Å². The molecular formula is C21H19N3O5. The molecular weight excluding hydrogens is 374 g/mol. The maximum Gasteiger partial charge on any atom is 0.340 e. The summed E-state index contributed by atoms with van der Waals surface area (Å²) in [5.41, 5.74) is 8.52. The van der Waals surface area contributed by atoms with Crippen LogP contribution in [0.1, 0.15) is 22.8 Å². The highest BCUT2D eigenvalue weighted by Crippen LogP contribution is 2.38. The third-order valence-electron chi connectivity index (χ3n) is 4.49. The van der Waals surface area contributed by atoms with Gasteiger partial charge in [-0.25, -0.2) is 14.6 Å². The quantitative estimate of drug-likeness (QED) is 0.655. The number of anilines is 1. The summed E-state index contributed by atoms with van der Waals surface area (Å²) in [5, 5.41) is 3.30. The summed E-state index contributed by atoms with van der Waals surface area (Å²) in [6.07, 6.45) is 0. The van der Waals surface area contributed by atoms with Crippen molar-refractivity contribution in [2.75, 3.05) is 18.7 Å². The number of aryl methyl sites for hydroxylation is 1. The zero-order valence-electron chi connectivity index (χ0n) is 15.9. The van der Waals surface area contributed by atoms with Crippen LogP contribution in [0.5, 0.6) is 11.5 Å². The maximum atomic E-state index is 12.7. The van der Waals surface area contributed by atoms with Crippen LogP contribution in [-0.2, 0) is 4.74 Å². The van der Waals surface area contributed by atoms with Gasteiger partial charge in [-0.05, 0) is 38.1 Å². The van der Waals surface area contributed by atoms with Crippen molar-refractivity contribution in [3.63, 3.8) is 0 Å². The molecule has 0 fully saturated rings. The second kappa shape index (κ2) is 7.31. The number of amides is 2. The number of nitrogens with one attached hydrogen (secondary N) is 1. The monoisotopic (exact) mass is 393 g/mol. The second-order valence-corrected chi connectivity index (χ2v) is 6.54. The van der Waals surface area contributed by atoms with E-state index in [0.717, 1.165) is 5.56 Å². The standard InChI is InChI=1S/C21H19N3O5/c1-3-27-20(25)14-7-12-8-17-18(29-10-28-17)9-16(12)23-19(14)13-6-11(2)4-5-15(13)24-21(22)26/h4-9H,3,10H2,1-2H3,(H3,22,24,26). The summed E-state index contributed by atoms with van der Waals surface area (Å²) in [6, 6.07) is 9.90. The highest BCUT2D eigenvalue weighted by molar-refractivity contribution is 6.03. The van der Waals surface area contributed by atoms with E-state index in [1.807, 2.05) is 19.1 Å². The second-order valence-electron chi connectivity index (χ2n) is 6.54. The van der Waals surface area contributed by atoms with Gasteiger partial charge in [0.05, 0.1) is 29.1 Å². The Kier molecular flexibility index (Phi) is 4.67. The Labute approximate surface area is 166 Å². The number of esters is 1. The number of benzene rings is 2. The Morgan fingerprint density at radius 2 is 1.93 bits per heavy atom. The van der Waals surface area contributed by atoms with Crippen LogP contribution >= 0.6 is 0 Å². The van der Waals surface area contributed by atoms with Crippen LogP contribution < -0.4 is 20.5 Å². The fourth-order valence-electron chi connectivity index (χ4n) is 3.23. The summed E-state index contributed by atoms with van der Waals surface area (Å²) in [4.78, 5) is 28.9. The molecule has 0 saturated heterocycles. The molecule has 0 aliphatic carbocycles. The Morgan fingerprint density at radius 3 is 2.66 bits per heavy atom. The van der Waals surface area contributed by atoms with Crippen LogP contribution in [0.3, 0.4) is 0 Å². The van der Waals surface area contributed by atoms with E-state index < -0.39 is 12.0 Å². The molecule has 0 bridgehead atoms.